The van der Waals surface area contributed by atoms with E-state index in [2.05, 4.69) is 12.2 Å². The lowest BCUT2D eigenvalue weighted by atomic mass is 10.0. The number of thioether (sulfide) groups is 1. The van der Waals surface area contributed by atoms with E-state index >= 15 is 0 Å². The van der Waals surface area contributed by atoms with Gasteiger partial charge in [0.05, 0.1) is 11.4 Å². The number of carbonyl (C=O) groups excluding carboxylic acids is 1. The van der Waals surface area contributed by atoms with Gasteiger partial charge in [0.1, 0.15) is 0 Å². The number of fused-ring (bicyclic) bond motifs is 1. The van der Waals surface area contributed by atoms with Gasteiger partial charge in [0.15, 0.2) is 6.79 Å². The molecule has 90 valence electrons. The highest BCUT2D eigenvalue weighted by molar-refractivity contribution is 8.00. The summed E-state index contributed by atoms with van der Waals surface area (Å²) in [5.74, 6) is 1.26. The standard InChI is InChI=1S/C10H16N2O3S/c1-6-4-16-8-3-2-7(9(13)12(6)8)11-10-14-5-15-10/h6-8,10-11H,2-5H2,1H3/t6-,7+,8-/m1/s1. The van der Waals surface area contributed by atoms with E-state index in [0.717, 1.165) is 18.6 Å². The monoisotopic (exact) mass is 244 g/mol. The van der Waals surface area contributed by atoms with Gasteiger partial charge < -0.3 is 14.4 Å². The van der Waals surface area contributed by atoms with Crippen LogP contribution < -0.4 is 5.32 Å². The minimum atomic E-state index is -0.379. The van der Waals surface area contributed by atoms with E-state index in [4.69, 9.17) is 9.47 Å². The molecule has 1 N–H and O–H groups in total. The Labute approximate surface area is 98.8 Å². The fourth-order valence-corrected chi connectivity index (χ4v) is 3.88. The molecule has 3 heterocycles. The number of piperidine rings is 1. The first-order chi connectivity index (χ1) is 7.75. The summed E-state index contributed by atoms with van der Waals surface area (Å²) in [7, 11) is 0. The van der Waals surface area contributed by atoms with Gasteiger partial charge >= 0.3 is 0 Å². The van der Waals surface area contributed by atoms with Crippen LogP contribution in [0.1, 0.15) is 19.8 Å². The third kappa shape index (κ3) is 1.73. The number of amides is 1. The van der Waals surface area contributed by atoms with E-state index in [1.165, 1.54) is 0 Å². The van der Waals surface area contributed by atoms with Gasteiger partial charge in [-0.2, -0.15) is 0 Å². The van der Waals surface area contributed by atoms with Gasteiger partial charge in [0.2, 0.25) is 12.3 Å². The van der Waals surface area contributed by atoms with Crippen molar-refractivity contribution in [3.05, 3.63) is 0 Å². The largest absolute Gasteiger partial charge is 0.326 e. The molecule has 3 rings (SSSR count). The fourth-order valence-electron chi connectivity index (χ4n) is 2.44. The lowest BCUT2D eigenvalue weighted by Crippen LogP contribution is -2.59. The molecule has 0 unspecified atom stereocenters. The summed E-state index contributed by atoms with van der Waals surface area (Å²) in [4.78, 5) is 14.3. The SMILES string of the molecule is C[C@@H]1CS[C@@H]2CC[C@H](NC3OCO3)C(=O)N12. The van der Waals surface area contributed by atoms with Crippen molar-refractivity contribution in [2.45, 2.75) is 43.6 Å². The molecule has 0 aromatic heterocycles. The van der Waals surface area contributed by atoms with Crippen LogP contribution in [0, 0.1) is 0 Å². The van der Waals surface area contributed by atoms with Crippen molar-refractivity contribution in [2.75, 3.05) is 12.5 Å². The molecule has 0 saturated carbocycles. The van der Waals surface area contributed by atoms with Crippen LogP contribution in [0.5, 0.6) is 0 Å². The number of ether oxygens (including phenoxy) is 2. The molecule has 1 amide bonds. The first-order valence-corrected chi connectivity index (χ1v) is 6.73. The van der Waals surface area contributed by atoms with Crippen molar-refractivity contribution in [3.8, 4) is 0 Å². The Balaban J connectivity index is 1.65. The molecule has 0 spiro atoms. The van der Waals surface area contributed by atoms with Crippen molar-refractivity contribution in [1.82, 2.24) is 10.2 Å². The Kier molecular flexibility index (Phi) is 2.83. The highest BCUT2D eigenvalue weighted by Gasteiger charge is 2.43. The van der Waals surface area contributed by atoms with Crippen LogP contribution in [0.3, 0.4) is 0 Å². The number of nitrogens with zero attached hydrogens (tertiary/aromatic N) is 1. The molecule has 16 heavy (non-hydrogen) atoms. The van der Waals surface area contributed by atoms with E-state index < -0.39 is 0 Å². The minimum Gasteiger partial charge on any atom is -0.326 e. The third-order valence-corrected chi connectivity index (χ3v) is 4.87. The van der Waals surface area contributed by atoms with Crippen molar-refractivity contribution in [1.29, 1.82) is 0 Å². The van der Waals surface area contributed by atoms with Gasteiger partial charge in [-0.3, -0.25) is 10.1 Å². The van der Waals surface area contributed by atoms with Crippen molar-refractivity contribution in [3.63, 3.8) is 0 Å². The second-order valence-corrected chi connectivity index (χ2v) is 5.67. The van der Waals surface area contributed by atoms with Crippen LogP contribution in [0.15, 0.2) is 0 Å². The first kappa shape index (κ1) is 10.8. The smallest absolute Gasteiger partial charge is 0.241 e. The third-order valence-electron chi connectivity index (χ3n) is 3.35. The van der Waals surface area contributed by atoms with Gasteiger partial charge in [0.25, 0.3) is 0 Å². The number of nitrogens with one attached hydrogen (secondary N) is 1. The topological polar surface area (TPSA) is 50.8 Å². The summed E-state index contributed by atoms with van der Waals surface area (Å²) in [6.45, 7) is 2.45. The zero-order chi connectivity index (χ0) is 11.1. The second kappa shape index (κ2) is 4.18. The summed E-state index contributed by atoms with van der Waals surface area (Å²) in [6, 6.07) is 0.220. The quantitative estimate of drug-likeness (QED) is 0.758. The number of carbonyl (C=O) groups is 1. The molecular formula is C10H16N2O3S. The number of rotatable bonds is 2. The normalized spacial score (nSPS) is 39.7. The maximum atomic E-state index is 12.2. The van der Waals surface area contributed by atoms with E-state index in [0.29, 0.717) is 18.2 Å². The maximum absolute atomic E-state index is 12.2. The summed E-state index contributed by atoms with van der Waals surface area (Å²) in [5, 5.41) is 3.49. The molecule has 3 atom stereocenters. The van der Waals surface area contributed by atoms with Gasteiger partial charge in [0, 0.05) is 11.8 Å². The fraction of sp³-hybridized carbons (Fsp3) is 0.900. The molecule has 0 aliphatic carbocycles. The molecule has 3 fully saturated rings. The van der Waals surface area contributed by atoms with Gasteiger partial charge in [-0.15, -0.1) is 11.8 Å². The predicted molar refractivity (Wildman–Crippen MR) is 59.5 cm³/mol. The van der Waals surface area contributed by atoms with Crippen LogP contribution in [0.4, 0.5) is 0 Å². The average Bonchev–Trinajstić information content (AvgIpc) is 2.57. The average molecular weight is 244 g/mol. The summed E-state index contributed by atoms with van der Waals surface area (Å²) in [5.41, 5.74) is 0. The Morgan fingerprint density at radius 1 is 1.44 bits per heavy atom. The van der Waals surface area contributed by atoms with Crippen LogP contribution in [0.25, 0.3) is 0 Å². The minimum absolute atomic E-state index is 0.136. The summed E-state index contributed by atoms with van der Waals surface area (Å²) < 4.78 is 10.2. The molecule has 6 heteroatoms. The van der Waals surface area contributed by atoms with Gasteiger partial charge in [-0.25, -0.2) is 0 Å². The number of hydrogen-bond acceptors (Lipinski definition) is 5. The Hall–Kier alpha value is -0.300. The molecule has 3 aliphatic heterocycles. The predicted octanol–water partition coefficient (Wildman–Crippen LogP) is 0.316. The molecule has 0 radical (unpaired) electrons. The molecule has 3 saturated heterocycles. The highest BCUT2D eigenvalue weighted by atomic mass is 32.2. The first-order valence-electron chi connectivity index (χ1n) is 5.69. The van der Waals surface area contributed by atoms with E-state index in [1.54, 1.807) is 0 Å². The summed E-state index contributed by atoms with van der Waals surface area (Å²) in [6.07, 6.45) is 1.56. The zero-order valence-corrected chi connectivity index (χ0v) is 10.0. The van der Waals surface area contributed by atoms with Crippen LogP contribution in [-0.2, 0) is 14.3 Å². The second-order valence-electron chi connectivity index (χ2n) is 4.46. The molecule has 0 aromatic rings. The van der Waals surface area contributed by atoms with Crippen molar-refractivity contribution in [2.24, 2.45) is 0 Å². The Bertz CT molecular complexity index is 298. The van der Waals surface area contributed by atoms with Crippen LogP contribution in [-0.4, -0.2) is 47.2 Å². The van der Waals surface area contributed by atoms with Crippen LogP contribution in [0.2, 0.25) is 0 Å². The highest BCUT2D eigenvalue weighted by Crippen LogP contribution is 2.36. The molecule has 0 aromatic carbocycles. The van der Waals surface area contributed by atoms with Gasteiger partial charge in [-0.1, -0.05) is 0 Å². The molecular weight excluding hydrogens is 228 g/mol. The molecule has 5 nitrogen and oxygen atoms in total. The summed E-state index contributed by atoms with van der Waals surface area (Å²) >= 11 is 1.89. The Morgan fingerprint density at radius 2 is 2.25 bits per heavy atom. The molecule has 3 aliphatic rings. The molecule has 0 bridgehead atoms. The lowest BCUT2D eigenvalue weighted by molar-refractivity contribution is -0.335. The van der Waals surface area contributed by atoms with Crippen LogP contribution >= 0.6 is 11.8 Å². The van der Waals surface area contributed by atoms with Crippen molar-refractivity contribution >= 4 is 17.7 Å². The van der Waals surface area contributed by atoms with Crippen molar-refractivity contribution < 1.29 is 14.3 Å². The van der Waals surface area contributed by atoms with E-state index in [1.807, 2.05) is 16.7 Å². The zero-order valence-electron chi connectivity index (χ0n) is 9.22. The Morgan fingerprint density at radius 3 is 2.94 bits per heavy atom. The van der Waals surface area contributed by atoms with E-state index in [9.17, 15) is 4.79 Å². The maximum Gasteiger partial charge on any atom is 0.241 e. The lowest BCUT2D eigenvalue weighted by Gasteiger charge is -2.39. The van der Waals surface area contributed by atoms with E-state index in [-0.39, 0.29) is 18.4 Å². The number of hydrogen-bond donors (Lipinski definition) is 1. The van der Waals surface area contributed by atoms with Gasteiger partial charge in [-0.05, 0) is 19.8 Å².